The van der Waals surface area contributed by atoms with Gasteiger partial charge in [0.25, 0.3) is 0 Å². The van der Waals surface area contributed by atoms with Crippen molar-refractivity contribution in [1.82, 2.24) is 0 Å². The Kier molecular flexibility index (Phi) is 5.51. The largest absolute Gasteiger partial charge is 0.330 e. The van der Waals surface area contributed by atoms with E-state index in [2.05, 4.69) is 20.8 Å². The highest BCUT2D eigenvalue weighted by Gasteiger charge is 2.16. The predicted octanol–water partition coefficient (Wildman–Crippen LogP) is 1.88. The molecule has 0 bridgehead atoms. The summed E-state index contributed by atoms with van der Waals surface area (Å²) in [6.45, 7) is 7.47. The van der Waals surface area contributed by atoms with Crippen LogP contribution in [-0.2, 0) is 0 Å². The lowest BCUT2D eigenvalue weighted by Gasteiger charge is -2.25. The number of rotatable bonds is 6. The van der Waals surface area contributed by atoms with Crippen molar-refractivity contribution in [3.05, 3.63) is 0 Å². The molecule has 74 valence electrons. The molecular formula is C10H24N2. The van der Waals surface area contributed by atoms with Gasteiger partial charge in [0.05, 0.1) is 0 Å². The van der Waals surface area contributed by atoms with Gasteiger partial charge in [0, 0.05) is 6.04 Å². The Morgan fingerprint density at radius 3 is 2.25 bits per heavy atom. The molecule has 0 amide bonds. The molecule has 0 aromatic rings. The van der Waals surface area contributed by atoms with Crippen LogP contribution in [0.5, 0.6) is 0 Å². The van der Waals surface area contributed by atoms with Gasteiger partial charge in [-0.05, 0) is 44.6 Å². The second-order valence-corrected chi connectivity index (χ2v) is 4.57. The van der Waals surface area contributed by atoms with E-state index in [-0.39, 0.29) is 0 Å². The van der Waals surface area contributed by atoms with Crippen molar-refractivity contribution >= 4 is 0 Å². The van der Waals surface area contributed by atoms with E-state index in [1.807, 2.05) is 0 Å². The smallest absolute Gasteiger partial charge is 0.00106 e. The quantitative estimate of drug-likeness (QED) is 0.642. The zero-order chi connectivity index (χ0) is 9.61. The van der Waals surface area contributed by atoms with Gasteiger partial charge in [-0.2, -0.15) is 0 Å². The fourth-order valence-electron chi connectivity index (χ4n) is 1.32. The SMILES string of the molecule is CC(N)CCC(C)(C)CCCN. The molecule has 2 nitrogen and oxygen atoms in total. The number of hydrogen-bond acceptors (Lipinski definition) is 2. The minimum atomic E-state index is 0.335. The summed E-state index contributed by atoms with van der Waals surface area (Å²) >= 11 is 0. The van der Waals surface area contributed by atoms with E-state index >= 15 is 0 Å². The van der Waals surface area contributed by atoms with E-state index in [4.69, 9.17) is 11.5 Å². The normalized spacial score (nSPS) is 14.8. The maximum atomic E-state index is 5.70. The van der Waals surface area contributed by atoms with Crippen molar-refractivity contribution in [2.75, 3.05) is 6.54 Å². The van der Waals surface area contributed by atoms with Gasteiger partial charge >= 0.3 is 0 Å². The molecule has 0 aliphatic heterocycles. The molecule has 0 saturated heterocycles. The van der Waals surface area contributed by atoms with Crippen LogP contribution in [0.1, 0.15) is 46.5 Å². The molecule has 1 unspecified atom stereocenters. The zero-order valence-corrected chi connectivity index (χ0v) is 8.77. The Morgan fingerprint density at radius 1 is 1.25 bits per heavy atom. The molecule has 1 atom stereocenters. The Morgan fingerprint density at radius 2 is 1.83 bits per heavy atom. The van der Waals surface area contributed by atoms with Crippen molar-refractivity contribution in [2.45, 2.75) is 52.5 Å². The highest BCUT2D eigenvalue weighted by Crippen LogP contribution is 2.28. The van der Waals surface area contributed by atoms with Crippen LogP contribution >= 0.6 is 0 Å². The van der Waals surface area contributed by atoms with Crippen molar-refractivity contribution in [3.63, 3.8) is 0 Å². The molecule has 0 saturated carbocycles. The first kappa shape index (κ1) is 11.9. The van der Waals surface area contributed by atoms with Gasteiger partial charge in [-0.15, -0.1) is 0 Å². The van der Waals surface area contributed by atoms with Gasteiger partial charge < -0.3 is 11.5 Å². The average Bonchev–Trinajstić information content (AvgIpc) is 1.98. The predicted molar refractivity (Wildman–Crippen MR) is 55.0 cm³/mol. The van der Waals surface area contributed by atoms with Crippen LogP contribution in [0.15, 0.2) is 0 Å². The van der Waals surface area contributed by atoms with E-state index in [9.17, 15) is 0 Å². The summed E-state index contributed by atoms with van der Waals surface area (Å²) in [5, 5.41) is 0. The summed E-state index contributed by atoms with van der Waals surface area (Å²) in [6.07, 6.45) is 4.68. The molecule has 4 N–H and O–H groups in total. The summed E-state index contributed by atoms with van der Waals surface area (Å²) in [5.74, 6) is 0. The second-order valence-electron chi connectivity index (χ2n) is 4.57. The highest BCUT2D eigenvalue weighted by molar-refractivity contribution is 4.70. The maximum absolute atomic E-state index is 5.70. The Hall–Kier alpha value is -0.0800. The van der Waals surface area contributed by atoms with Crippen LogP contribution in [-0.4, -0.2) is 12.6 Å². The monoisotopic (exact) mass is 172 g/mol. The molecule has 0 radical (unpaired) electrons. The topological polar surface area (TPSA) is 52.0 Å². The maximum Gasteiger partial charge on any atom is 0.00106 e. The fraction of sp³-hybridized carbons (Fsp3) is 1.00. The van der Waals surface area contributed by atoms with Gasteiger partial charge in [0.2, 0.25) is 0 Å². The van der Waals surface area contributed by atoms with Crippen LogP contribution in [0.25, 0.3) is 0 Å². The van der Waals surface area contributed by atoms with Crippen LogP contribution in [0.4, 0.5) is 0 Å². The third kappa shape index (κ3) is 6.62. The van der Waals surface area contributed by atoms with Gasteiger partial charge in [-0.1, -0.05) is 13.8 Å². The fourth-order valence-corrected chi connectivity index (χ4v) is 1.32. The average molecular weight is 172 g/mol. The molecule has 12 heavy (non-hydrogen) atoms. The summed E-state index contributed by atoms with van der Waals surface area (Å²) in [5.41, 5.74) is 11.6. The minimum Gasteiger partial charge on any atom is -0.330 e. The summed E-state index contributed by atoms with van der Waals surface area (Å²) < 4.78 is 0. The van der Waals surface area contributed by atoms with Crippen molar-refractivity contribution in [1.29, 1.82) is 0 Å². The van der Waals surface area contributed by atoms with Crippen molar-refractivity contribution < 1.29 is 0 Å². The molecule has 2 heteroatoms. The lowest BCUT2D eigenvalue weighted by atomic mass is 9.82. The van der Waals surface area contributed by atoms with E-state index in [1.165, 1.54) is 12.8 Å². The number of hydrogen-bond donors (Lipinski definition) is 2. The molecule has 0 aliphatic carbocycles. The molecule has 0 rings (SSSR count). The minimum absolute atomic E-state index is 0.335. The molecule has 0 aliphatic rings. The van der Waals surface area contributed by atoms with E-state index in [0.29, 0.717) is 11.5 Å². The molecule has 0 spiro atoms. The first-order chi connectivity index (χ1) is 5.48. The third-order valence-electron chi connectivity index (χ3n) is 2.33. The molecule has 0 heterocycles. The first-order valence-electron chi connectivity index (χ1n) is 4.93. The molecular weight excluding hydrogens is 148 g/mol. The van der Waals surface area contributed by atoms with Crippen molar-refractivity contribution in [2.24, 2.45) is 16.9 Å². The summed E-state index contributed by atoms with van der Waals surface area (Å²) in [4.78, 5) is 0. The lowest BCUT2D eigenvalue weighted by Crippen LogP contribution is -2.20. The van der Waals surface area contributed by atoms with Gasteiger partial charge in [-0.25, -0.2) is 0 Å². The first-order valence-corrected chi connectivity index (χ1v) is 4.93. The molecule has 0 aromatic carbocycles. The standard InChI is InChI=1S/C10H24N2/c1-9(12)5-7-10(2,3)6-4-8-11/h9H,4-8,11-12H2,1-3H3. The lowest BCUT2D eigenvalue weighted by molar-refractivity contribution is 0.285. The Balaban J connectivity index is 3.56. The second kappa shape index (κ2) is 5.55. The highest BCUT2D eigenvalue weighted by atomic mass is 14.6. The van der Waals surface area contributed by atoms with E-state index in [1.54, 1.807) is 0 Å². The van der Waals surface area contributed by atoms with E-state index < -0.39 is 0 Å². The van der Waals surface area contributed by atoms with Crippen LogP contribution in [0, 0.1) is 5.41 Å². The number of nitrogens with two attached hydrogens (primary N) is 2. The Labute approximate surface area is 76.7 Å². The summed E-state index contributed by atoms with van der Waals surface area (Å²) in [7, 11) is 0. The molecule has 0 aromatic heterocycles. The van der Waals surface area contributed by atoms with Crippen molar-refractivity contribution in [3.8, 4) is 0 Å². The zero-order valence-electron chi connectivity index (χ0n) is 8.77. The third-order valence-corrected chi connectivity index (χ3v) is 2.33. The van der Waals surface area contributed by atoms with E-state index in [0.717, 1.165) is 19.4 Å². The van der Waals surface area contributed by atoms with Gasteiger partial charge in [-0.3, -0.25) is 0 Å². The van der Waals surface area contributed by atoms with Crippen LogP contribution in [0.2, 0.25) is 0 Å². The van der Waals surface area contributed by atoms with Gasteiger partial charge in [0.15, 0.2) is 0 Å². The Bertz CT molecular complexity index is 108. The molecule has 0 fully saturated rings. The summed E-state index contributed by atoms with van der Waals surface area (Å²) in [6, 6.07) is 0.335. The van der Waals surface area contributed by atoms with Gasteiger partial charge in [0.1, 0.15) is 0 Å². The van der Waals surface area contributed by atoms with Crippen LogP contribution in [0.3, 0.4) is 0 Å². The van der Waals surface area contributed by atoms with Crippen LogP contribution < -0.4 is 11.5 Å².